The zero-order chi connectivity index (χ0) is 16.0. The summed E-state index contributed by atoms with van der Waals surface area (Å²) in [4.78, 5) is 0.285. The SMILES string of the molecule is C=CCOCC1CCN(S(=O)(=O)c2cccc(OC)c2)CC1. The van der Waals surface area contributed by atoms with E-state index in [0.29, 0.717) is 38.0 Å². The zero-order valence-electron chi connectivity index (χ0n) is 12.9. The summed E-state index contributed by atoms with van der Waals surface area (Å²) in [7, 11) is -1.92. The highest BCUT2D eigenvalue weighted by atomic mass is 32.2. The number of nitrogens with zero attached hydrogens (tertiary/aromatic N) is 1. The molecular formula is C16H23NO4S. The topological polar surface area (TPSA) is 55.8 Å². The Hall–Kier alpha value is -1.37. The number of sulfonamides is 1. The van der Waals surface area contributed by atoms with Gasteiger partial charge in [0.25, 0.3) is 0 Å². The number of benzene rings is 1. The summed E-state index contributed by atoms with van der Waals surface area (Å²) in [5, 5.41) is 0. The summed E-state index contributed by atoms with van der Waals surface area (Å²) in [5.74, 6) is 0.963. The Kier molecular flexibility index (Phi) is 5.99. The van der Waals surface area contributed by atoms with Crippen LogP contribution in [-0.2, 0) is 14.8 Å². The molecule has 0 N–H and O–H groups in total. The number of ether oxygens (including phenoxy) is 2. The maximum atomic E-state index is 12.6. The molecule has 1 aromatic rings. The molecule has 0 bridgehead atoms. The molecule has 1 saturated heterocycles. The second-order valence-corrected chi connectivity index (χ2v) is 7.29. The van der Waals surface area contributed by atoms with Crippen LogP contribution < -0.4 is 4.74 Å². The first-order chi connectivity index (χ1) is 10.6. The van der Waals surface area contributed by atoms with E-state index in [9.17, 15) is 8.42 Å². The third-order valence-electron chi connectivity index (χ3n) is 3.84. The molecular weight excluding hydrogens is 302 g/mol. The van der Waals surface area contributed by atoms with E-state index in [0.717, 1.165) is 12.8 Å². The predicted molar refractivity (Wildman–Crippen MR) is 85.5 cm³/mol. The number of methoxy groups -OCH3 is 1. The first-order valence-corrected chi connectivity index (χ1v) is 8.84. The Bertz CT molecular complexity index is 592. The number of piperidine rings is 1. The molecule has 122 valence electrons. The lowest BCUT2D eigenvalue weighted by molar-refractivity contribution is 0.0982. The van der Waals surface area contributed by atoms with E-state index in [-0.39, 0.29) is 4.90 Å². The van der Waals surface area contributed by atoms with Crippen molar-refractivity contribution in [2.75, 3.05) is 33.4 Å². The fourth-order valence-electron chi connectivity index (χ4n) is 2.55. The van der Waals surface area contributed by atoms with E-state index < -0.39 is 10.0 Å². The van der Waals surface area contributed by atoms with Crippen LogP contribution in [0, 0.1) is 5.92 Å². The van der Waals surface area contributed by atoms with Gasteiger partial charge < -0.3 is 9.47 Å². The first kappa shape index (κ1) is 17.0. The van der Waals surface area contributed by atoms with Gasteiger partial charge in [-0.3, -0.25) is 0 Å². The van der Waals surface area contributed by atoms with E-state index >= 15 is 0 Å². The van der Waals surface area contributed by atoms with Crippen molar-refractivity contribution in [3.63, 3.8) is 0 Å². The number of hydrogen-bond donors (Lipinski definition) is 0. The van der Waals surface area contributed by atoms with Gasteiger partial charge in [-0.2, -0.15) is 4.31 Å². The number of rotatable bonds is 7. The molecule has 2 rings (SSSR count). The molecule has 1 aliphatic heterocycles. The molecule has 0 unspecified atom stereocenters. The van der Waals surface area contributed by atoms with Gasteiger partial charge in [-0.15, -0.1) is 6.58 Å². The maximum absolute atomic E-state index is 12.6. The predicted octanol–water partition coefficient (Wildman–Crippen LogP) is 2.30. The van der Waals surface area contributed by atoms with Crippen LogP contribution in [0.2, 0.25) is 0 Å². The minimum Gasteiger partial charge on any atom is -0.497 e. The average molecular weight is 325 g/mol. The summed E-state index contributed by atoms with van der Waals surface area (Å²) >= 11 is 0. The van der Waals surface area contributed by atoms with Crippen molar-refractivity contribution in [3.8, 4) is 5.75 Å². The normalized spacial score (nSPS) is 17.3. The largest absolute Gasteiger partial charge is 0.497 e. The Morgan fingerprint density at radius 1 is 1.36 bits per heavy atom. The van der Waals surface area contributed by atoms with Gasteiger partial charge in [-0.05, 0) is 30.9 Å². The van der Waals surface area contributed by atoms with Crippen molar-refractivity contribution in [3.05, 3.63) is 36.9 Å². The Morgan fingerprint density at radius 2 is 2.09 bits per heavy atom. The van der Waals surface area contributed by atoms with Crippen molar-refractivity contribution >= 4 is 10.0 Å². The highest BCUT2D eigenvalue weighted by Crippen LogP contribution is 2.25. The molecule has 0 spiro atoms. The van der Waals surface area contributed by atoms with E-state index in [4.69, 9.17) is 9.47 Å². The summed E-state index contributed by atoms with van der Waals surface area (Å²) < 4.78 is 37.4. The molecule has 6 heteroatoms. The van der Waals surface area contributed by atoms with Gasteiger partial charge in [-0.1, -0.05) is 12.1 Å². The van der Waals surface area contributed by atoms with Crippen molar-refractivity contribution < 1.29 is 17.9 Å². The highest BCUT2D eigenvalue weighted by molar-refractivity contribution is 7.89. The fourth-order valence-corrected chi connectivity index (χ4v) is 4.05. The third-order valence-corrected chi connectivity index (χ3v) is 5.74. The minimum absolute atomic E-state index is 0.285. The van der Waals surface area contributed by atoms with E-state index in [1.165, 1.54) is 7.11 Å². The standard InChI is InChI=1S/C16H23NO4S/c1-3-11-21-13-14-7-9-17(10-8-14)22(18,19)16-6-4-5-15(12-16)20-2/h3-6,12,14H,1,7-11,13H2,2H3. The van der Waals surface area contributed by atoms with Crippen LogP contribution in [0.3, 0.4) is 0 Å². The van der Waals surface area contributed by atoms with Crippen LogP contribution in [0.15, 0.2) is 41.8 Å². The van der Waals surface area contributed by atoms with Gasteiger partial charge in [0.1, 0.15) is 5.75 Å². The average Bonchev–Trinajstić information content (AvgIpc) is 2.55. The molecule has 1 fully saturated rings. The lowest BCUT2D eigenvalue weighted by Gasteiger charge is -2.31. The molecule has 0 radical (unpaired) electrons. The van der Waals surface area contributed by atoms with Crippen LogP contribution in [0.1, 0.15) is 12.8 Å². The molecule has 5 nitrogen and oxygen atoms in total. The second kappa shape index (κ2) is 7.76. The van der Waals surface area contributed by atoms with Crippen molar-refractivity contribution in [1.29, 1.82) is 0 Å². The number of hydrogen-bond acceptors (Lipinski definition) is 4. The van der Waals surface area contributed by atoms with Crippen LogP contribution in [0.25, 0.3) is 0 Å². The van der Waals surface area contributed by atoms with Gasteiger partial charge in [-0.25, -0.2) is 8.42 Å². The van der Waals surface area contributed by atoms with Crippen LogP contribution in [-0.4, -0.2) is 46.1 Å². The monoisotopic (exact) mass is 325 g/mol. The third kappa shape index (κ3) is 4.09. The Balaban J connectivity index is 1.98. The van der Waals surface area contributed by atoms with Gasteiger partial charge in [0.05, 0.1) is 18.6 Å². The van der Waals surface area contributed by atoms with Crippen LogP contribution in [0.5, 0.6) is 5.75 Å². The van der Waals surface area contributed by atoms with E-state index in [1.54, 1.807) is 34.6 Å². The van der Waals surface area contributed by atoms with E-state index in [2.05, 4.69) is 6.58 Å². The lowest BCUT2D eigenvalue weighted by atomic mass is 9.99. The molecule has 0 atom stereocenters. The molecule has 0 saturated carbocycles. The summed E-state index contributed by atoms with van der Waals surface area (Å²) in [5.41, 5.74) is 0. The lowest BCUT2D eigenvalue weighted by Crippen LogP contribution is -2.39. The summed E-state index contributed by atoms with van der Waals surface area (Å²) in [6, 6.07) is 6.61. The van der Waals surface area contributed by atoms with E-state index in [1.807, 2.05) is 0 Å². The van der Waals surface area contributed by atoms with Gasteiger partial charge in [0, 0.05) is 25.8 Å². The summed E-state index contributed by atoms with van der Waals surface area (Å²) in [6.45, 7) is 5.88. The van der Waals surface area contributed by atoms with Gasteiger partial charge in [0.2, 0.25) is 10.0 Å². The van der Waals surface area contributed by atoms with Crippen molar-refractivity contribution in [2.24, 2.45) is 5.92 Å². The van der Waals surface area contributed by atoms with Crippen LogP contribution >= 0.6 is 0 Å². The Labute approximate surface area is 132 Å². The molecule has 0 aromatic heterocycles. The maximum Gasteiger partial charge on any atom is 0.243 e. The van der Waals surface area contributed by atoms with Crippen molar-refractivity contribution in [1.82, 2.24) is 4.31 Å². The molecule has 22 heavy (non-hydrogen) atoms. The summed E-state index contributed by atoms with van der Waals surface area (Å²) in [6.07, 6.45) is 3.36. The van der Waals surface area contributed by atoms with Crippen molar-refractivity contribution in [2.45, 2.75) is 17.7 Å². The molecule has 1 aromatic carbocycles. The van der Waals surface area contributed by atoms with Gasteiger partial charge in [0.15, 0.2) is 0 Å². The molecule has 0 amide bonds. The van der Waals surface area contributed by atoms with Gasteiger partial charge >= 0.3 is 0 Å². The Morgan fingerprint density at radius 3 is 2.73 bits per heavy atom. The quantitative estimate of drug-likeness (QED) is 0.570. The minimum atomic E-state index is -3.45. The second-order valence-electron chi connectivity index (χ2n) is 5.35. The fraction of sp³-hybridized carbons (Fsp3) is 0.500. The van der Waals surface area contributed by atoms with Crippen LogP contribution in [0.4, 0.5) is 0 Å². The zero-order valence-corrected chi connectivity index (χ0v) is 13.7. The smallest absolute Gasteiger partial charge is 0.243 e. The molecule has 1 aliphatic rings. The molecule has 1 heterocycles. The molecule has 0 aliphatic carbocycles. The highest BCUT2D eigenvalue weighted by Gasteiger charge is 2.29. The first-order valence-electron chi connectivity index (χ1n) is 7.40.